The standard InChI is InChI=1S/C28H46O2Si/c1-26(2,3)22-16-21-19-11-10-17-14-23(29)24(30-31(8)9)15-20(17)18(19)12-13-28(21,7)25(22)27(4,5)6/h14-15,18-19,21-22,25,29,31H,10-13,16H2,1-9H3/t18-,19+,21-,22+,25+,28-/m0/s1. The molecule has 3 aliphatic rings. The van der Waals surface area contributed by atoms with Crippen molar-refractivity contribution >= 4 is 9.04 Å². The van der Waals surface area contributed by atoms with E-state index in [4.69, 9.17) is 4.43 Å². The minimum Gasteiger partial charge on any atom is -0.544 e. The number of rotatable bonds is 2. The van der Waals surface area contributed by atoms with E-state index in [0.717, 1.165) is 35.8 Å². The van der Waals surface area contributed by atoms with Gasteiger partial charge in [0.1, 0.15) is 5.75 Å². The summed E-state index contributed by atoms with van der Waals surface area (Å²) < 4.78 is 6.11. The molecule has 0 saturated heterocycles. The molecule has 0 heterocycles. The van der Waals surface area contributed by atoms with Gasteiger partial charge in [-0.1, -0.05) is 48.5 Å². The maximum absolute atomic E-state index is 10.5. The van der Waals surface area contributed by atoms with Crippen molar-refractivity contribution in [3.05, 3.63) is 23.3 Å². The third kappa shape index (κ3) is 3.87. The Hall–Kier alpha value is -0.963. The molecule has 0 spiro atoms. The minimum atomic E-state index is -1.25. The van der Waals surface area contributed by atoms with Gasteiger partial charge in [-0.3, -0.25) is 0 Å². The van der Waals surface area contributed by atoms with Gasteiger partial charge in [-0.2, -0.15) is 0 Å². The zero-order valence-electron chi connectivity index (χ0n) is 21.5. The second kappa shape index (κ2) is 7.54. The second-order valence-corrected chi connectivity index (χ2v) is 16.0. The molecular weight excluding hydrogens is 396 g/mol. The fourth-order valence-corrected chi connectivity index (χ4v) is 9.13. The summed E-state index contributed by atoms with van der Waals surface area (Å²) in [5.41, 5.74) is 4.01. The van der Waals surface area contributed by atoms with Crippen molar-refractivity contribution in [1.82, 2.24) is 0 Å². The molecule has 6 atom stereocenters. The Balaban J connectivity index is 1.72. The first-order chi connectivity index (χ1) is 14.2. The van der Waals surface area contributed by atoms with E-state index in [0.29, 0.717) is 27.9 Å². The largest absolute Gasteiger partial charge is 0.544 e. The van der Waals surface area contributed by atoms with Gasteiger partial charge < -0.3 is 9.53 Å². The molecule has 1 N–H and O–H groups in total. The number of fused-ring (bicyclic) bond motifs is 5. The zero-order valence-corrected chi connectivity index (χ0v) is 22.7. The topological polar surface area (TPSA) is 29.5 Å². The number of benzene rings is 1. The first kappa shape index (κ1) is 23.2. The Bertz CT molecular complexity index is 831. The van der Waals surface area contributed by atoms with Crippen LogP contribution in [-0.2, 0) is 6.42 Å². The average Bonchev–Trinajstić information content (AvgIpc) is 2.95. The number of hydrogen-bond donors (Lipinski definition) is 1. The van der Waals surface area contributed by atoms with Gasteiger partial charge >= 0.3 is 0 Å². The Morgan fingerprint density at radius 1 is 1.03 bits per heavy atom. The molecule has 0 aromatic heterocycles. The van der Waals surface area contributed by atoms with Crippen molar-refractivity contribution < 1.29 is 9.53 Å². The van der Waals surface area contributed by atoms with E-state index in [1.807, 2.05) is 6.07 Å². The summed E-state index contributed by atoms with van der Waals surface area (Å²) in [7, 11) is -1.25. The van der Waals surface area contributed by atoms with Crippen LogP contribution in [0, 0.1) is 39.9 Å². The minimum absolute atomic E-state index is 0.343. The van der Waals surface area contributed by atoms with E-state index in [-0.39, 0.29) is 0 Å². The lowest BCUT2D eigenvalue weighted by Gasteiger charge is -2.54. The Kier molecular flexibility index (Phi) is 5.64. The van der Waals surface area contributed by atoms with Crippen LogP contribution in [0.1, 0.15) is 91.2 Å². The molecule has 3 heteroatoms. The fourth-order valence-electron chi connectivity index (χ4n) is 8.43. The van der Waals surface area contributed by atoms with Crippen LogP contribution in [-0.4, -0.2) is 14.1 Å². The number of hydrogen-bond acceptors (Lipinski definition) is 2. The molecule has 2 nitrogen and oxygen atoms in total. The van der Waals surface area contributed by atoms with Crippen LogP contribution in [0.5, 0.6) is 11.5 Å². The highest BCUT2D eigenvalue weighted by Gasteiger charge is 2.62. The number of phenolic OH excluding ortho intramolecular Hbond substituents is 1. The van der Waals surface area contributed by atoms with Crippen molar-refractivity contribution in [1.29, 1.82) is 0 Å². The van der Waals surface area contributed by atoms with Crippen LogP contribution in [0.25, 0.3) is 0 Å². The summed E-state index contributed by atoms with van der Waals surface area (Å²) in [6, 6.07) is 4.25. The van der Waals surface area contributed by atoms with Crippen molar-refractivity contribution in [2.24, 2.45) is 39.9 Å². The molecule has 174 valence electrons. The molecule has 0 bridgehead atoms. The number of aromatic hydroxyl groups is 1. The first-order valence-corrected chi connectivity index (χ1v) is 15.5. The van der Waals surface area contributed by atoms with Crippen LogP contribution >= 0.6 is 0 Å². The summed E-state index contributed by atoms with van der Waals surface area (Å²) in [5, 5.41) is 10.5. The highest BCUT2D eigenvalue weighted by atomic mass is 28.3. The van der Waals surface area contributed by atoms with Gasteiger partial charge in [-0.05, 0) is 114 Å². The van der Waals surface area contributed by atoms with Gasteiger partial charge in [0.05, 0.1) is 0 Å². The molecule has 0 amide bonds. The summed E-state index contributed by atoms with van der Waals surface area (Å²) >= 11 is 0. The third-order valence-electron chi connectivity index (χ3n) is 9.27. The highest BCUT2D eigenvalue weighted by molar-refractivity contribution is 6.49. The van der Waals surface area contributed by atoms with Gasteiger partial charge in [0.2, 0.25) is 9.04 Å². The SMILES string of the molecule is C[SiH](C)Oc1cc2c(cc1O)CC[C@@H]1[C@@H]2CC[C@]2(C)[C@@H](C(C)(C)C)[C@H](C(C)(C)C)C[C@@H]12. The molecule has 0 aliphatic heterocycles. The molecule has 0 radical (unpaired) electrons. The van der Waals surface area contributed by atoms with Gasteiger partial charge in [0.15, 0.2) is 5.75 Å². The summed E-state index contributed by atoms with van der Waals surface area (Å²) in [6.07, 6.45) is 6.40. The normalized spacial score (nSPS) is 35.5. The van der Waals surface area contributed by atoms with Crippen LogP contribution in [0.4, 0.5) is 0 Å². The van der Waals surface area contributed by atoms with Crippen LogP contribution in [0.2, 0.25) is 13.1 Å². The van der Waals surface area contributed by atoms with E-state index in [9.17, 15) is 5.11 Å². The Morgan fingerprint density at radius 2 is 1.71 bits per heavy atom. The maximum Gasteiger partial charge on any atom is 0.229 e. The van der Waals surface area contributed by atoms with E-state index in [1.54, 1.807) is 0 Å². The van der Waals surface area contributed by atoms with E-state index < -0.39 is 9.04 Å². The van der Waals surface area contributed by atoms with Gasteiger partial charge in [-0.25, -0.2) is 0 Å². The highest BCUT2D eigenvalue weighted by Crippen LogP contribution is 2.70. The lowest BCUT2D eigenvalue weighted by atomic mass is 9.51. The predicted octanol–water partition coefficient (Wildman–Crippen LogP) is 7.55. The lowest BCUT2D eigenvalue weighted by molar-refractivity contribution is -0.0298. The van der Waals surface area contributed by atoms with Crippen molar-refractivity contribution in [2.75, 3.05) is 0 Å². The van der Waals surface area contributed by atoms with Crippen molar-refractivity contribution in [3.63, 3.8) is 0 Å². The molecule has 3 aliphatic carbocycles. The number of aryl methyl sites for hydroxylation is 1. The quantitative estimate of drug-likeness (QED) is 0.479. The maximum atomic E-state index is 10.5. The fraction of sp³-hybridized carbons (Fsp3) is 0.786. The lowest BCUT2D eigenvalue weighted by Crippen LogP contribution is -2.46. The van der Waals surface area contributed by atoms with E-state index in [2.05, 4.69) is 67.6 Å². The molecule has 1 aromatic carbocycles. The smallest absolute Gasteiger partial charge is 0.229 e. The average molecular weight is 443 g/mol. The van der Waals surface area contributed by atoms with Crippen LogP contribution in [0.3, 0.4) is 0 Å². The van der Waals surface area contributed by atoms with Gasteiger partial charge in [0, 0.05) is 0 Å². The first-order valence-electron chi connectivity index (χ1n) is 12.8. The van der Waals surface area contributed by atoms with Gasteiger partial charge in [0.25, 0.3) is 0 Å². The molecule has 1 aromatic rings. The summed E-state index contributed by atoms with van der Waals surface area (Å²) in [4.78, 5) is 0. The van der Waals surface area contributed by atoms with E-state index in [1.165, 1.54) is 36.8 Å². The zero-order chi connectivity index (χ0) is 22.9. The van der Waals surface area contributed by atoms with Crippen molar-refractivity contribution in [2.45, 2.75) is 99.6 Å². The Labute approximate surface area is 192 Å². The molecule has 0 unspecified atom stereocenters. The molecule has 4 rings (SSSR count). The van der Waals surface area contributed by atoms with E-state index >= 15 is 0 Å². The Morgan fingerprint density at radius 3 is 2.29 bits per heavy atom. The summed E-state index contributed by atoms with van der Waals surface area (Å²) in [5.74, 6) is 4.87. The molecule has 31 heavy (non-hydrogen) atoms. The second-order valence-electron chi connectivity index (χ2n) is 13.7. The molecule has 2 saturated carbocycles. The van der Waals surface area contributed by atoms with Crippen LogP contribution in [0.15, 0.2) is 12.1 Å². The van der Waals surface area contributed by atoms with Gasteiger partial charge in [-0.15, -0.1) is 0 Å². The predicted molar refractivity (Wildman–Crippen MR) is 134 cm³/mol. The monoisotopic (exact) mass is 442 g/mol. The molecule has 2 fully saturated rings. The number of phenols is 1. The third-order valence-corrected chi connectivity index (χ3v) is 10.00. The van der Waals surface area contributed by atoms with Crippen LogP contribution < -0.4 is 4.43 Å². The summed E-state index contributed by atoms with van der Waals surface area (Å²) in [6.45, 7) is 21.9. The molecular formula is C28H46O2Si. The van der Waals surface area contributed by atoms with Crippen molar-refractivity contribution in [3.8, 4) is 11.5 Å².